The van der Waals surface area contributed by atoms with Crippen LogP contribution in [0.25, 0.3) is 0 Å². The minimum absolute atomic E-state index is 0.0933. The second-order valence-corrected chi connectivity index (χ2v) is 7.59. The summed E-state index contributed by atoms with van der Waals surface area (Å²) in [4.78, 5) is 12.0. The molecule has 122 valence electrons. The Morgan fingerprint density at radius 1 is 1.13 bits per heavy atom. The molecule has 0 amide bonds. The molecule has 2 rings (SSSR count). The second kappa shape index (κ2) is 6.55. The first kappa shape index (κ1) is 17.2. The molecule has 23 heavy (non-hydrogen) atoms. The zero-order valence-electron chi connectivity index (χ0n) is 12.6. The molecule has 8 heteroatoms. The molecule has 0 bridgehead atoms. The summed E-state index contributed by atoms with van der Waals surface area (Å²) in [6.45, 7) is 0. The van der Waals surface area contributed by atoms with E-state index in [0.717, 1.165) is 11.8 Å². The highest BCUT2D eigenvalue weighted by molar-refractivity contribution is 7.90. The molecule has 6 nitrogen and oxygen atoms in total. The molecule has 0 saturated carbocycles. The molecular weight excluding hydrogens is 340 g/mol. The van der Waals surface area contributed by atoms with E-state index in [1.807, 2.05) is 31.1 Å². The molecule has 0 fully saturated rings. The third kappa shape index (κ3) is 4.00. The molecule has 0 radical (unpaired) electrons. The van der Waals surface area contributed by atoms with Gasteiger partial charge in [-0.25, -0.2) is 8.42 Å². The fourth-order valence-corrected chi connectivity index (χ4v) is 3.57. The van der Waals surface area contributed by atoms with Crippen molar-refractivity contribution in [3.05, 3.63) is 63.2 Å². The summed E-state index contributed by atoms with van der Waals surface area (Å²) in [6.07, 6.45) is 0. The minimum Gasteiger partial charge on any atom is -0.378 e. The first-order valence-electron chi connectivity index (χ1n) is 6.63. The van der Waals surface area contributed by atoms with Crippen LogP contribution >= 0.6 is 11.6 Å². The van der Waals surface area contributed by atoms with Gasteiger partial charge in [-0.05, 0) is 29.8 Å². The first-order valence-corrected chi connectivity index (χ1v) is 8.67. The molecule has 0 aromatic heterocycles. The highest BCUT2D eigenvalue weighted by Crippen LogP contribution is 2.28. The molecule has 0 unspecified atom stereocenters. The lowest BCUT2D eigenvalue weighted by Gasteiger charge is -2.12. The van der Waals surface area contributed by atoms with Gasteiger partial charge in [0.25, 0.3) is 5.69 Å². The lowest BCUT2D eigenvalue weighted by atomic mass is 10.2. The lowest BCUT2D eigenvalue weighted by Crippen LogP contribution is -2.09. The van der Waals surface area contributed by atoms with Crippen LogP contribution < -0.4 is 4.90 Å². The summed E-state index contributed by atoms with van der Waals surface area (Å²) < 4.78 is 24.9. The number of nitro groups is 1. The maximum absolute atomic E-state index is 12.4. The van der Waals surface area contributed by atoms with Crippen molar-refractivity contribution >= 4 is 32.8 Å². The molecule has 2 aromatic rings. The SMILES string of the molecule is CN(C)c1ccc(CS(=O)(=O)c2ccc(Cl)c([N+](=O)[O-])c2)cc1. The molecule has 0 N–H and O–H groups in total. The first-order chi connectivity index (χ1) is 10.7. The van der Waals surface area contributed by atoms with Crippen LogP contribution in [0, 0.1) is 10.1 Å². The van der Waals surface area contributed by atoms with Crippen LogP contribution in [0.4, 0.5) is 11.4 Å². The van der Waals surface area contributed by atoms with Gasteiger partial charge < -0.3 is 4.90 Å². The van der Waals surface area contributed by atoms with Crippen LogP contribution in [-0.4, -0.2) is 27.4 Å². The molecule has 0 spiro atoms. The molecule has 2 aromatic carbocycles. The van der Waals surface area contributed by atoms with Gasteiger partial charge in [-0.2, -0.15) is 0 Å². The third-order valence-electron chi connectivity index (χ3n) is 3.28. The number of anilines is 1. The molecule has 0 heterocycles. The molecule has 0 aliphatic carbocycles. The minimum atomic E-state index is -3.70. The average Bonchev–Trinajstić information content (AvgIpc) is 2.47. The van der Waals surface area contributed by atoms with Gasteiger partial charge in [-0.1, -0.05) is 23.7 Å². The molecule has 0 aliphatic heterocycles. The van der Waals surface area contributed by atoms with Crippen molar-refractivity contribution in [2.24, 2.45) is 0 Å². The van der Waals surface area contributed by atoms with Crippen molar-refractivity contribution in [1.82, 2.24) is 0 Å². The monoisotopic (exact) mass is 354 g/mol. The zero-order valence-corrected chi connectivity index (χ0v) is 14.1. The summed E-state index contributed by atoms with van der Waals surface area (Å²) in [5, 5.41) is 10.8. The summed E-state index contributed by atoms with van der Waals surface area (Å²) in [5.41, 5.74) is 1.14. The second-order valence-electron chi connectivity index (χ2n) is 5.19. The van der Waals surface area contributed by atoms with Crippen molar-refractivity contribution < 1.29 is 13.3 Å². The van der Waals surface area contributed by atoms with E-state index in [2.05, 4.69) is 0 Å². The van der Waals surface area contributed by atoms with Crippen molar-refractivity contribution in [3.63, 3.8) is 0 Å². The number of nitro benzene ring substituents is 1. The van der Waals surface area contributed by atoms with E-state index in [1.54, 1.807) is 12.1 Å². The highest BCUT2D eigenvalue weighted by Gasteiger charge is 2.21. The third-order valence-corrected chi connectivity index (χ3v) is 5.29. The smallest absolute Gasteiger partial charge is 0.289 e. The number of rotatable bonds is 5. The van der Waals surface area contributed by atoms with E-state index in [4.69, 9.17) is 11.6 Å². The average molecular weight is 355 g/mol. The van der Waals surface area contributed by atoms with Gasteiger partial charge in [0.1, 0.15) is 5.02 Å². The van der Waals surface area contributed by atoms with Gasteiger partial charge in [0.2, 0.25) is 0 Å². The Kier molecular flexibility index (Phi) is 4.91. The van der Waals surface area contributed by atoms with E-state index >= 15 is 0 Å². The standard InChI is InChI=1S/C15H15ClN2O4S/c1-17(2)12-5-3-11(4-6-12)10-23(21,22)13-7-8-14(16)15(9-13)18(19)20/h3-9H,10H2,1-2H3. The molecular formula is C15H15ClN2O4S. The van der Waals surface area contributed by atoms with Crippen molar-refractivity contribution in [2.75, 3.05) is 19.0 Å². The van der Waals surface area contributed by atoms with Gasteiger partial charge >= 0.3 is 0 Å². The lowest BCUT2D eigenvalue weighted by molar-refractivity contribution is -0.384. The van der Waals surface area contributed by atoms with E-state index < -0.39 is 20.4 Å². The fraction of sp³-hybridized carbons (Fsp3) is 0.200. The maximum atomic E-state index is 12.4. The largest absolute Gasteiger partial charge is 0.378 e. The topological polar surface area (TPSA) is 80.5 Å². The Labute approximate surface area is 139 Å². The van der Waals surface area contributed by atoms with Gasteiger partial charge in [-0.15, -0.1) is 0 Å². The van der Waals surface area contributed by atoms with Crippen LogP contribution in [0.5, 0.6) is 0 Å². The predicted molar refractivity (Wildman–Crippen MR) is 89.8 cm³/mol. The number of benzene rings is 2. The van der Waals surface area contributed by atoms with Gasteiger partial charge in [0, 0.05) is 25.8 Å². The summed E-state index contributed by atoms with van der Waals surface area (Å²) in [7, 11) is 0.0791. The predicted octanol–water partition coefficient (Wildman–Crippen LogP) is 3.29. The normalized spacial score (nSPS) is 11.3. The van der Waals surface area contributed by atoms with Gasteiger partial charge in [0.05, 0.1) is 15.6 Å². The quantitative estimate of drug-likeness (QED) is 0.608. The number of hydrogen-bond acceptors (Lipinski definition) is 5. The Morgan fingerprint density at radius 2 is 1.74 bits per heavy atom. The number of nitrogens with zero attached hydrogens (tertiary/aromatic N) is 2. The van der Waals surface area contributed by atoms with Crippen LogP contribution in [-0.2, 0) is 15.6 Å². The van der Waals surface area contributed by atoms with Gasteiger partial charge in [0.15, 0.2) is 9.84 Å². The number of hydrogen-bond donors (Lipinski definition) is 0. The molecule has 0 aliphatic rings. The Bertz CT molecular complexity index is 833. The van der Waals surface area contributed by atoms with Crippen LogP contribution in [0.15, 0.2) is 47.4 Å². The summed E-state index contributed by atoms with van der Waals surface area (Å²) in [5.74, 6) is -0.237. The van der Waals surface area contributed by atoms with E-state index in [9.17, 15) is 18.5 Å². The van der Waals surface area contributed by atoms with Crippen LogP contribution in [0.1, 0.15) is 5.56 Å². The van der Waals surface area contributed by atoms with Gasteiger partial charge in [-0.3, -0.25) is 10.1 Å². The summed E-state index contributed by atoms with van der Waals surface area (Å²) in [6, 6.07) is 10.6. The Balaban J connectivity index is 2.32. The fourth-order valence-electron chi connectivity index (χ4n) is 2.02. The van der Waals surface area contributed by atoms with Crippen molar-refractivity contribution in [1.29, 1.82) is 0 Å². The van der Waals surface area contributed by atoms with E-state index in [-0.39, 0.29) is 15.7 Å². The zero-order chi connectivity index (χ0) is 17.2. The maximum Gasteiger partial charge on any atom is 0.289 e. The highest BCUT2D eigenvalue weighted by atomic mass is 35.5. The Morgan fingerprint density at radius 3 is 2.26 bits per heavy atom. The van der Waals surface area contributed by atoms with Crippen LogP contribution in [0.2, 0.25) is 5.02 Å². The summed E-state index contributed by atoms with van der Waals surface area (Å²) >= 11 is 5.71. The Hall–Kier alpha value is -2.12. The van der Waals surface area contributed by atoms with Crippen molar-refractivity contribution in [2.45, 2.75) is 10.6 Å². The van der Waals surface area contributed by atoms with E-state index in [1.165, 1.54) is 12.1 Å². The number of halogens is 1. The molecule has 0 atom stereocenters. The number of sulfone groups is 1. The molecule has 0 saturated heterocycles. The van der Waals surface area contributed by atoms with Crippen LogP contribution in [0.3, 0.4) is 0 Å². The van der Waals surface area contributed by atoms with E-state index in [0.29, 0.717) is 5.56 Å². The van der Waals surface area contributed by atoms with Crippen molar-refractivity contribution in [3.8, 4) is 0 Å².